The second kappa shape index (κ2) is 16.1. The van der Waals surface area contributed by atoms with Crippen LogP contribution in [-0.2, 0) is 22.4 Å². The summed E-state index contributed by atoms with van der Waals surface area (Å²) < 4.78 is 16.7. The molecule has 13 heteroatoms. The summed E-state index contributed by atoms with van der Waals surface area (Å²) in [5.74, 6) is -1.13. The van der Waals surface area contributed by atoms with Gasteiger partial charge in [0.15, 0.2) is 5.69 Å². The number of ether oxygens (including phenoxy) is 3. The van der Waals surface area contributed by atoms with Crippen LogP contribution in [0.5, 0.6) is 5.75 Å². The zero-order valence-electron chi connectivity index (χ0n) is 31.0. The maximum absolute atomic E-state index is 14.4. The molecule has 2 aromatic carbocycles. The van der Waals surface area contributed by atoms with E-state index in [0.717, 1.165) is 27.1 Å². The molecule has 0 saturated heterocycles. The van der Waals surface area contributed by atoms with Crippen LogP contribution in [0.4, 0.5) is 10.5 Å². The first-order chi connectivity index (χ1) is 25.8. The lowest BCUT2D eigenvalue weighted by Crippen LogP contribution is -2.38. The molecule has 0 bridgehead atoms. The highest BCUT2D eigenvalue weighted by molar-refractivity contribution is 7.13. The number of carbonyl (C=O) groups excluding carboxylic acids is 4. The second-order valence-corrected chi connectivity index (χ2v) is 15.4. The summed E-state index contributed by atoms with van der Waals surface area (Å²) in [6, 6.07) is 16.3. The number of rotatable bonds is 8. The van der Waals surface area contributed by atoms with Crippen LogP contribution in [0.2, 0.25) is 0 Å². The average Bonchev–Trinajstić information content (AvgIpc) is 3.55. The van der Waals surface area contributed by atoms with Gasteiger partial charge in [-0.15, -0.1) is 11.3 Å². The van der Waals surface area contributed by atoms with Gasteiger partial charge in [-0.25, -0.2) is 14.6 Å². The number of benzene rings is 2. The molecule has 12 nitrogen and oxygen atoms in total. The van der Waals surface area contributed by atoms with Crippen LogP contribution in [0, 0.1) is 24.2 Å². The van der Waals surface area contributed by atoms with Gasteiger partial charge in [0.2, 0.25) is 0 Å². The van der Waals surface area contributed by atoms with Crippen molar-refractivity contribution in [2.45, 2.75) is 78.0 Å². The zero-order chi connectivity index (χ0) is 38.6. The van der Waals surface area contributed by atoms with Crippen molar-refractivity contribution in [2.75, 3.05) is 19.0 Å². The number of anilines is 1. The molecule has 0 atom stereocenters. The molecule has 0 radical (unpaired) electrons. The highest BCUT2D eigenvalue weighted by Crippen LogP contribution is 2.43. The SMILES string of the molecule is COC(=O)c1nc(C(=O)NC2CCC(C#N)CC2)ccc1-c1cc2c(cc1C(=O)Nc1ccc(CNC(=O)OC(C)(C)C)cc1C)-c1sccc1CCO2. The van der Waals surface area contributed by atoms with Gasteiger partial charge in [-0.1, -0.05) is 12.1 Å². The number of methoxy groups -OCH3 is 1. The number of hydrogen-bond donors (Lipinski definition) is 3. The maximum atomic E-state index is 14.4. The summed E-state index contributed by atoms with van der Waals surface area (Å²) in [4.78, 5) is 58.7. The molecule has 4 aromatic rings. The number of carbonyl (C=O) groups is 4. The van der Waals surface area contributed by atoms with Gasteiger partial charge in [0.1, 0.15) is 17.0 Å². The summed E-state index contributed by atoms with van der Waals surface area (Å²) in [5.41, 5.74) is 4.19. The molecule has 54 heavy (non-hydrogen) atoms. The quantitative estimate of drug-likeness (QED) is 0.154. The number of alkyl carbamates (subject to hydrolysis) is 1. The Bertz CT molecular complexity index is 2140. The Morgan fingerprint density at radius 3 is 2.46 bits per heavy atom. The number of aryl methyl sites for hydroxylation is 1. The average molecular weight is 750 g/mol. The van der Waals surface area contributed by atoms with E-state index in [9.17, 15) is 24.4 Å². The Morgan fingerprint density at radius 2 is 1.76 bits per heavy atom. The van der Waals surface area contributed by atoms with Crippen molar-refractivity contribution in [1.29, 1.82) is 5.26 Å². The zero-order valence-corrected chi connectivity index (χ0v) is 31.8. The van der Waals surface area contributed by atoms with Gasteiger partial charge in [-0.05, 0) is 112 Å². The van der Waals surface area contributed by atoms with Crippen LogP contribution in [0.1, 0.15) is 94.5 Å². The minimum atomic E-state index is -0.775. The van der Waals surface area contributed by atoms with Gasteiger partial charge < -0.3 is 30.2 Å². The Balaban J connectivity index is 1.34. The minimum Gasteiger partial charge on any atom is -0.493 e. The first kappa shape index (κ1) is 38.0. The predicted molar refractivity (Wildman–Crippen MR) is 205 cm³/mol. The van der Waals surface area contributed by atoms with Gasteiger partial charge in [0.05, 0.1) is 19.8 Å². The van der Waals surface area contributed by atoms with E-state index in [2.05, 4.69) is 27.0 Å². The molecule has 6 rings (SSSR count). The molecule has 1 aliphatic carbocycles. The van der Waals surface area contributed by atoms with Gasteiger partial charge in [-0.2, -0.15) is 5.26 Å². The summed E-state index contributed by atoms with van der Waals surface area (Å²) in [7, 11) is 1.23. The molecule has 3 heterocycles. The molecule has 0 unspecified atom stereocenters. The Morgan fingerprint density at radius 1 is 0.981 bits per heavy atom. The lowest BCUT2D eigenvalue weighted by Gasteiger charge is -2.25. The summed E-state index contributed by atoms with van der Waals surface area (Å²) in [5, 5.41) is 20.0. The van der Waals surface area contributed by atoms with Crippen molar-refractivity contribution in [2.24, 2.45) is 5.92 Å². The van der Waals surface area contributed by atoms with Crippen LogP contribution in [0.3, 0.4) is 0 Å². The second-order valence-electron chi connectivity index (χ2n) is 14.5. The van der Waals surface area contributed by atoms with Crippen molar-refractivity contribution in [3.8, 4) is 33.4 Å². The first-order valence-corrected chi connectivity index (χ1v) is 18.8. The number of hydrogen-bond acceptors (Lipinski definition) is 10. The highest BCUT2D eigenvalue weighted by atomic mass is 32.1. The van der Waals surface area contributed by atoms with E-state index in [0.29, 0.717) is 61.3 Å². The summed E-state index contributed by atoms with van der Waals surface area (Å²) in [6.07, 6.45) is 2.92. The number of thiophene rings is 1. The standard InChI is InChI=1S/C41H43N5O7S/c1-23-18-25(22-43-40(50)53-41(2,3)4)8-12-32(23)46-37(47)30-19-31-34(52-16-14-26-15-17-54-36(26)31)20-29(30)28-11-13-33(45-35(28)39(49)51-5)38(48)44-27-9-6-24(21-42)7-10-27/h8,11-13,15,17-20,24,27H,6-7,9-10,14,16,22H2,1-5H3,(H,43,50)(H,44,48)(H,46,47). The van der Waals surface area contributed by atoms with Crippen molar-refractivity contribution >= 4 is 40.9 Å². The maximum Gasteiger partial charge on any atom is 0.407 e. The van der Waals surface area contributed by atoms with E-state index >= 15 is 0 Å². The minimum absolute atomic E-state index is 0.0134. The molecule has 2 aliphatic rings. The number of fused-ring (bicyclic) bond motifs is 3. The number of pyridine rings is 1. The molecular formula is C41H43N5O7S. The van der Waals surface area contributed by atoms with Crippen LogP contribution < -0.4 is 20.7 Å². The first-order valence-electron chi connectivity index (χ1n) is 17.9. The number of amides is 3. The monoisotopic (exact) mass is 749 g/mol. The third-order valence-electron chi connectivity index (χ3n) is 9.40. The molecule has 3 amide bonds. The Kier molecular flexibility index (Phi) is 11.3. The number of nitrogens with one attached hydrogen (secondary N) is 3. The number of esters is 1. The van der Waals surface area contributed by atoms with Crippen LogP contribution in [0.15, 0.2) is 53.9 Å². The van der Waals surface area contributed by atoms with Crippen molar-refractivity contribution < 1.29 is 33.4 Å². The van der Waals surface area contributed by atoms with Crippen LogP contribution in [-0.4, -0.2) is 54.2 Å². The summed E-state index contributed by atoms with van der Waals surface area (Å²) in [6.45, 7) is 7.90. The van der Waals surface area contributed by atoms with Crippen LogP contribution in [0.25, 0.3) is 21.6 Å². The predicted octanol–water partition coefficient (Wildman–Crippen LogP) is 7.60. The highest BCUT2D eigenvalue weighted by Gasteiger charge is 2.28. The Hall–Kier alpha value is -5.74. The van der Waals surface area contributed by atoms with E-state index in [-0.39, 0.29) is 35.5 Å². The molecule has 1 aliphatic heterocycles. The van der Waals surface area contributed by atoms with E-state index < -0.39 is 29.5 Å². The fourth-order valence-corrected chi connectivity index (χ4v) is 7.64. The number of nitrogens with zero attached hydrogens (tertiary/aromatic N) is 2. The number of nitriles is 1. The van der Waals surface area contributed by atoms with Crippen molar-refractivity contribution in [1.82, 2.24) is 15.6 Å². The molecule has 0 spiro atoms. The largest absolute Gasteiger partial charge is 0.493 e. The Labute approximate surface area is 318 Å². The van der Waals surface area contributed by atoms with Crippen LogP contribution >= 0.6 is 11.3 Å². The molecule has 280 valence electrons. The fraction of sp³-hybridized carbons (Fsp3) is 0.366. The van der Waals surface area contributed by atoms with E-state index in [1.807, 2.05) is 30.5 Å². The molecule has 2 aromatic heterocycles. The van der Waals surface area contributed by atoms with E-state index in [1.54, 1.807) is 56.4 Å². The van der Waals surface area contributed by atoms with Crippen molar-refractivity contribution in [3.05, 3.63) is 87.6 Å². The third-order valence-corrected chi connectivity index (χ3v) is 10.4. The van der Waals surface area contributed by atoms with Crippen molar-refractivity contribution in [3.63, 3.8) is 0 Å². The van der Waals surface area contributed by atoms with E-state index in [1.165, 1.54) is 13.2 Å². The lowest BCUT2D eigenvalue weighted by molar-refractivity contribution is 0.0522. The van der Waals surface area contributed by atoms with E-state index in [4.69, 9.17) is 14.2 Å². The molecule has 3 N–H and O–H groups in total. The normalized spacial score (nSPS) is 16.3. The number of aromatic nitrogens is 1. The molecule has 1 fully saturated rings. The topological polar surface area (TPSA) is 169 Å². The van der Waals surface area contributed by atoms with Gasteiger partial charge in [0.25, 0.3) is 11.8 Å². The smallest absolute Gasteiger partial charge is 0.407 e. The summed E-state index contributed by atoms with van der Waals surface area (Å²) >= 11 is 1.56. The van der Waals surface area contributed by atoms with Gasteiger partial charge in [-0.3, -0.25) is 9.59 Å². The third kappa shape index (κ3) is 8.72. The fourth-order valence-electron chi connectivity index (χ4n) is 6.66. The van der Waals surface area contributed by atoms with Gasteiger partial charge >= 0.3 is 12.1 Å². The lowest BCUT2D eigenvalue weighted by atomic mass is 9.87. The molecular weight excluding hydrogens is 707 g/mol. The molecule has 1 saturated carbocycles. The van der Waals surface area contributed by atoms with Gasteiger partial charge in [0, 0.05) is 57.7 Å².